The fourth-order valence-corrected chi connectivity index (χ4v) is 2.40. The van der Waals surface area contributed by atoms with Crippen LogP contribution in [0.2, 0.25) is 0 Å². The Hall–Kier alpha value is -1.04. The van der Waals surface area contributed by atoms with Crippen molar-refractivity contribution in [2.45, 2.75) is 38.0 Å². The number of carbonyl (C=O) groups is 1. The van der Waals surface area contributed by atoms with Crippen LogP contribution in [0.25, 0.3) is 0 Å². The smallest absolute Gasteiger partial charge is 0.238 e. The number of carbonyl (C=O) groups excluding carboxylic acids is 1. The van der Waals surface area contributed by atoms with Gasteiger partial charge in [-0.3, -0.25) is 4.79 Å². The molecule has 0 spiro atoms. The third-order valence-corrected chi connectivity index (χ3v) is 3.63. The third kappa shape index (κ3) is 6.41. The summed E-state index contributed by atoms with van der Waals surface area (Å²) in [7, 11) is 0. The average molecular weight is 308 g/mol. The largest absolute Gasteiger partial charge is 0.282 e. The minimum Gasteiger partial charge on any atom is -0.282 e. The van der Waals surface area contributed by atoms with Crippen LogP contribution >= 0.6 is 11.8 Å². The van der Waals surface area contributed by atoms with Gasteiger partial charge in [0.2, 0.25) is 11.5 Å². The summed E-state index contributed by atoms with van der Waals surface area (Å²) in [5.41, 5.74) is 0.502. The molecule has 20 heavy (non-hydrogen) atoms. The van der Waals surface area contributed by atoms with Crippen LogP contribution in [-0.4, -0.2) is 29.6 Å². The highest BCUT2D eigenvalue weighted by atomic mass is 32.2. The van der Waals surface area contributed by atoms with Crippen LogP contribution in [0.3, 0.4) is 0 Å². The highest BCUT2D eigenvalue weighted by Gasteiger charge is 2.22. The minimum atomic E-state index is -2.62. The van der Waals surface area contributed by atoms with Crippen molar-refractivity contribution in [3.05, 3.63) is 35.9 Å². The van der Waals surface area contributed by atoms with Gasteiger partial charge in [-0.1, -0.05) is 42.1 Å². The first-order valence-corrected chi connectivity index (χ1v) is 7.27. The number of benzene rings is 1. The summed E-state index contributed by atoms with van der Waals surface area (Å²) < 4.78 is 50.3. The second-order valence-electron chi connectivity index (χ2n) is 4.29. The Balaban J connectivity index is 2.24. The third-order valence-electron chi connectivity index (χ3n) is 2.69. The summed E-state index contributed by atoms with van der Waals surface area (Å²) >= 11 is 0.906. The molecule has 0 aliphatic heterocycles. The molecular formula is C14H16F4OS. The van der Waals surface area contributed by atoms with E-state index in [9.17, 15) is 22.4 Å². The SMILES string of the molecule is O=C(SCCC(F)C(F)CCC(F)F)c1ccccc1. The van der Waals surface area contributed by atoms with Gasteiger partial charge in [-0.05, 0) is 12.8 Å². The topological polar surface area (TPSA) is 17.1 Å². The summed E-state index contributed by atoms with van der Waals surface area (Å²) in [6, 6.07) is 8.49. The lowest BCUT2D eigenvalue weighted by Gasteiger charge is -2.12. The summed E-state index contributed by atoms with van der Waals surface area (Å²) in [4.78, 5) is 11.7. The van der Waals surface area contributed by atoms with E-state index in [1.807, 2.05) is 0 Å². The molecule has 2 atom stereocenters. The molecule has 6 heteroatoms. The molecule has 0 fully saturated rings. The van der Waals surface area contributed by atoms with Crippen molar-refractivity contribution in [2.24, 2.45) is 0 Å². The Morgan fingerprint density at radius 3 is 2.15 bits per heavy atom. The molecule has 0 saturated carbocycles. The second kappa shape index (κ2) is 9.00. The molecule has 0 amide bonds. The first-order chi connectivity index (χ1) is 9.50. The molecule has 0 N–H and O–H groups in total. The Kier molecular flexibility index (Phi) is 7.65. The van der Waals surface area contributed by atoms with Crippen molar-refractivity contribution in [3.63, 3.8) is 0 Å². The van der Waals surface area contributed by atoms with Gasteiger partial charge in [-0.2, -0.15) is 0 Å². The van der Waals surface area contributed by atoms with E-state index >= 15 is 0 Å². The number of rotatable bonds is 8. The van der Waals surface area contributed by atoms with Crippen molar-refractivity contribution in [3.8, 4) is 0 Å². The molecule has 112 valence electrons. The van der Waals surface area contributed by atoms with Gasteiger partial charge in [0, 0.05) is 17.7 Å². The lowest BCUT2D eigenvalue weighted by Crippen LogP contribution is -2.19. The standard InChI is InChI=1S/C14H16F4OS/c15-11(6-7-13(17)18)12(16)8-9-20-14(19)10-4-2-1-3-5-10/h1-5,11-13H,6-9H2. The van der Waals surface area contributed by atoms with Crippen molar-refractivity contribution < 1.29 is 22.4 Å². The molecule has 0 heterocycles. The van der Waals surface area contributed by atoms with Crippen LogP contribution in [0, 0.1) is 0 Å². The monoisotopic (exact) mass is 308 g/mol. The lowest BCUT2D eigenvalue weighted by atomic mass is 10.1. The van der Waals surface area contributed by atoms with Gasteiger partial charge in [-0.15, -0.1) is 0 Å². The second-order valence-corrected chi connectivity index (χ2v) is 5.36. The van der Waals surface area contributed by atoms with E-state index in [2.05, 4.69) is 0 Å². The first kappa shape index (κ1) is 17.0. The van der Waals surface area contributed by atoms with E-state index in [1.165, 1.54) is 0 Å². The number of alkyl halides is 4. The Morgan fingerprint density at radius 2 is 1.55 bits per heavy atom. The van der Waals surface area contributed by atoms with E-state index in [4.69, 9.17) is 0 Å². The molecule has 1 aromatic rings. The maximum Gasteiger partial charge on any atom is 0.238 e. The first-order valence-electron chi connectivity index (χ1n) is 6.29. The molecule has 1 aromatic carbocycles. The molecule has 0 aliphatic carbocycles. The predicted molar refractivity (Wildman–Crippen MR) is 72.9 cm³/mol. The zero-order valence-electron chi connectivity index (χ0n) is 10.8. The van der Waals surface area contributed by atoms with E-state index in [0.29, 0.717) is 5.56 Å². The van der Waals surface area contributed by atoms with Gasteiger partial charge < -0.3 is 0 Å². The Bertz CT molecular complexity index is 399. The van der Waals surface area contributed by atoms with E-state index in [0.717, 1.165) is 11.8 Å². The van der Waals surface area contributed by atoms with Crippen LogP contribution in [0.4, 0.5) is 17.6 Å². The van der Waals surface area contributed by atoms with Gasteiger partial charge in [-0.25, -0.2) is 17.6 Å². The molecule has 1 nitrogen and oxygen atoms in total. The van der Waals surface area contributed by atoms with Crippen LogP contribution < -0.4 is 0 Å². The Morgan fingerprint density at radius 1 is 0.950 bits per heavy atom. The number of halogens is 4. The molecule has 0 radical (unpaired) electrons. The highest BCUT2D eigenvalue weighted by Crippen LogP contribution is 2.20. The number of thioether (sulfide) groups is 1. The summed E-state index contributed by atoms with van der Waals surface area (Å²) in [6.45, 7) is 0. The Labute approximate surface area is 119 Å². The molecule has 0 bridgehead atoms. The van der Waals surface area contributed by atoms with Crippen LogP contribution in [-0.2, 0) is 0 Å². The van der Waals surface area contributed by atoms with E-state index in [1.54, 1.807) is 30.3 Å². The van der Waals surface area contributed by atoms with Gasteiger partial charge in [0.1, 0.15) is 12.3 Å². The van der Waals surface area contributed by atoms with Crippen LogP contribution in [0.15, 0.2) is 30.3 Å². The van der Waals surface area contributed by atoms with Crippen LogP contribution in [0.5, 0.6) is 0 Å². The van der Waals surface area contributed by atoms with E-state index < -0.39 is 31.6 Å². The predicted octanol–water partition coefficient (Wildman–Crippen LogP) is 4.67. The summed E-state index contributed by atoms with van der Waals surface area (Å²) in [6.07, 6.45) is -7.60. The van der Waals surface area contributed by atoms with Gasteiger partial charge in [0.25, 0.3) is 0 Å². The molecule has 1 rings (SSSR count). The highest BCUT2D eigenvalue weighted by molar-refractivity contribution is 8.14. The van der Waals surface area contributed by atoms with Gasteiger partial charge in [0.15, 0.2) is 0 Å². The quantitative estimate of drug-likeness (QED) is 0.649. The molecule has 0 saturated heterocycles. The van der Waals surface area contributed by atoms with Gasteiger partial charge >= 0.3 is 0 Å². The summed E-state index contributed by atoms with van der Waals surface area (Å²) in [5, 5.41) is -0.208. The fraction of sp³-hybridized carbons (Fsp3) is 0.500. The summed E-state index contributed by atoms with van der Waals surface area (Å²) in [5.74, 6) is 0.129. The van der Waals surface area contributed by atoms with Crippen molar-refractivity contribution in [1.29, 1.82) is 0 Å². The zero-order chi connectivity index (χ0) is 15.0. The lowest BCUT2D eigenvalue weighted by molar-refractivity contribution is 0.0967. The number of hydrogen-bond donors (Lipinski definition) is 0. The minimum absolute atomic E-state index is 0.129. The van der Waals surface area contributed by atoms with Crippen molar-refractivity contribution in [1.82, 2.24) is 0 Å². The molecule has 0 aliphatic rings. The molecule has 2 unspecified atom stereocenters. The molecule has 0 aromatic heterocycles. The zero-order valence-corrected chi connectivity index (χ0v) is 11.6. The number of hydrogen-bond acceptors (Lipinski definition) is 2. The fourth-order valence-electron chi connectivity index (χ4n) is 1.57. The maximum absolute atomic E-state index is 13.4. The van der Waals surface area contributed by atoms with Gasteiger partial charge in [0.05, 0.1) is 0 Å². The maximum atomic E-state index is 13.4. The van der Waals surface area contributed by atoms with Crippen molar-refractivity contribution >= 4 is 16.9 Å². The average Bonchev–Trinajstić information content (AvgIpc) is 2.45. The van der Waals surface area contributed by atoms with E-state index in [-0.39, 0.29) is 17.3 Å². The van der Waals surface area contributed by atoms with Crippen molar-refractivity contribution in [2.75, 3.05) is 5.75 Å². The normalized spacial score (nSPS) is 14.2. The van der Waals surface area contributed by atoms with Crippen LogP contribution in [0.1, 0.15) is 29.6 Å². The molecular weight excluding hydrogens is 292 g/mol.